The zero-order valence-corrected chi connectivity index (χ0v) is 8.70. The summed E-state index contributed by atoms with van der Waals surface area (Å²) in [5.74, 6) is -0.0396. The van der Waals surface area contributed by atoms with Crippen molar-refractivity contribution < 1.29 is 5.11 Å². The zero-order chi connectivity index (χ0) is 11.2. The van der Waals surface area contributed by atoms with Crippen molar-refractivity contribution in [1.29, 1.82) is 0 Å². The standard InChI is InChI=1S/C8H19N5O/c1-8(2,3-4-14)5-12-7(11)13-6(9)10/h14H,3-5H2,1-2H3,(H6,9,10,11,12,13). The van der Waals surface area contributed by atoms with E-state index in [1.54, 1.807) is 0 Å². The second-order valence-corrected chi connectivity index (χ2v) is 3.85. The van der Waals surface area contributed by atoms with Gasteiger partial charge in [-0.05, 0) is 11.8 Å². The van der Waals surface area contributed by atoms with Crippen LogP contribution in [0.1, 0.15) is 20.3 Å². The van der Waals surface area contributed by atoms with Gasteiger partial charge in [0.1, 0.15) is 0 Å². The molecule has 0 aromatic carbocycles. The predicted octanol–water partition coefficient (Wildman–Crippen LogP) is -1.02. The average molecular weight is 201 g/mol. The number of nitrogens with zero attached hydrogens (tertiary/aromatic N) is 2. The van der Waals surface area contributed by atoms with Crippen molar-refractivity contribution in [2.24, 2.45) is 32.6 Å². The molecule has 0 rings (SSSR count). The number of nitrogens with two attached hydrogens (primary N) is 3. The van der Waals surface area contributed by atoms with Crippen LogP contribution in [-0.2, 0) is 0 Å². The summed E-state index contributed by atoms with van der Waals surface area (Å²) in [4.78, 5) is 7.57. The molecule has 0 amide bonds. The van der Waals surface area contributed by atoms with Crippen molar-refractivity contribution in [2.45, 2.75) is 20.3 Å². The summed E-state index contributed by atoms with van der Waals surface area (Å²) in [6, 6.07) is 0. The third-order valence-electron chi connectivity index (χ3n) is 1.70. The molecule has 0 aromatic rings. The number of hydrogen-bond acceptors (Lipinski definition) is 2. The summed E-state index contributed by atoms with van der Waals surface area (Å²) in [6.07, 6.45) is 0.658. The van der Waals surface area contributed by atoms with Crippen LogP contribution in [0.15, 0.2) is 9.98 Å². The summed E-state index contributed by atoms with van der Waals surface area (Å²) in [6.45, 7) is 4.58. The maximum Gasteiger partial charge on any atom is 0.218 e. The van der Waals surface area contributed by atoms with E-state index < -0.39 is 0 Å². The van der Waals surface area contributed by atoms with Crippen LogP contribution in [0.25, 0.3) is 0 Å². The van der Waals surface area contributed by atoms with Crippen LogP contribution >= 0.6 is 0 Å². The van der Waals surface area contributed by atoms with Crippen LogP contribution in [0.5, 0.6) is 0 Å². The highest BCUT2D eigenvalue weighted by Gasteiger charge is 2.16. The number of hydrogen-bond donors (Lipinski definition) is 4. The molecule has 6 nitrogen and oxygen atoms in total. The van der Waals surface area contributed by atoms with Crippen LogP contribution in [0.4, 0.5) is 0 Å². The molecule has 0 unspecified atom stereocenters. The number of aliphatic hydroxyl groups excluding tert-OH is 1. The molecule has 82 valence electrons. The monoisotopic (exact) mass is 201 g/mol. The van der Waals surface area contributed by atoms with E-state index in [1.165, 1.54) is 0 Å². The number of aliphatic imine (C=N–C) groups is 2. The Hall–Kier alpha value is -1.30. The SMILES string of the molecule is CC(C)(CCO)CN=C(N)N=C(N)N. The van der Waals surface area contributed by atoms with E-state index >= 15 is 0 Å². The van der Waals surface area contributed by atoms with Crippen LogP contribution in [0.3, 0.4) is 0 Å². The summed E-state index contributed by atoms with van der Waals surface area (Å²) in [5.41, 5.74) is 15.6. The molecule has 0 heterocycles. The Kier molecular flexibility index (Phi) is 4.93. The molecular weight excluding hydrogens is 182 g/mol. The number of rotatable bonds is 4. The van der Waals surface area contributed by atoms with Crippen LogP contribution in [0, 0.1) is 5.41 Å². The Bertz CT molecular complexity index is 230. The van der Waals surface area contributed by atoms with Crippen molar-refractivity contribution in [3.8, 4) is 0 Å². The first-order valence-corrected chi connectivity index (χ1v) is 4.38. The zero-order valence-electron chi connectivity index (χ0n) is 8.70. The molecular formula is C8H19N5O. The van der Waals surface area contributed by atoms with Gasteiger partial charge in [-0.1, -0.05) is 13.8 Å². The van der Waals surface area contributed by atoms with E-state index in [-0.39, 0.29) is 23.9 Å². The molecule has 0 aliphatic rings. The number of guanidine groups is 2. The Morgan fingerprint density at radius 3 is 2.29 bits per heavy atom. The van der Waals surface area contributed by atoms with Gasteiger partial charge >= 0.3 is 0 Å². The minimum absolute atomic E-state index is 0.0658. The molecule has 0 aliphatic carbocycles. The van der Waals surface area contributed by atoms with Crippen molar-refractivity contribution in [3.05, 3.63) is 0 Å². The molecule has 14 heavy (non-hydrogen) atoms. The second-order valence-electron chi connectivity index (χ2n) is 3.85. The highest BCUT2D eigenvalue weighted by molar-refractivity contribution is 5.92. The maximum absolute atomic E-state index is 8.77. The molecule has 0 aromatic heterocycles. The Morgan fingerprint density at radius 2 is 1.86 bits per heavy atom. The van der Waals surface area contributed by atoms with Gasteiger partial charge in [-0.3, -0.25) is 4.99 Å². The fourth-order valence-corrected chi connectivity index (χ4v) is 0.844. The first-order valence-electron chi connectivity index (χ1n) is 4.38. The van der Waals surface area contributed by atoms with E-state index in [9.17, 15) is 0 Å². The van der Waals surface area contributed by atoms with E-state index in [0.717, 1.165) is 0 Å². The molecule has 7 N–H and O–H groups in total. The summed E-state index contributed by atoms with van der Waals surface area (Å²) < 4.78 is 0. The van der Waals surface area contributed by atoms with E-state index in [0.29, 0.717) is 13.0 Å². The first kappa shape index (κ1) is 12.7. The van der Waals surface area contributed by atoms with Crippen molar-refractivity contribution in [3.63, 3.8) is 0 Å². The van der Waals surface area contributed by atoms with Crippen molar-refractivity contribution in [2.75, 3.05) is 13.2 Å². The summed E-state index contributed by atoms with van der Waals surface area (Å²) in [7, 11) is 0. The lowest BCUT2D eigenvalue weighted by Crippen LogP contribution is -2.27. The summed E-state index contributed by atoms with van der Waals surface area (Å²) in [5, 5.41) is 8.77. The van der Waals surface area contributed by atoms with Gasteiger partial charge in [-0.2, -0.15) is 4.99 Å². The smallest absolute Gasteiger partial charge is 0.218 e. The van der Waals surface area contributed by atoms with Crippen molar-refractivity contribution in [1.82, 2.24) is 0 Å². The van der Waals surface area contributed by atoms with E-state index in [4.69, 9.17) is 22.3 Å². The fraction of sp³-hybridized carbons (Fsp3) is 0.750. The lowest BCUT2D eigenvalue weighted by atomic mass is 9.90. The fourth-order valence-electron chi connectivity index (χ4n) is 0.844. The second kappa shape index (κ2) is 5.43. The molecule has 0 atom stereocenters. The third-order valence-corrected chi connectivity index (χ3v) is 1.70. The minimum Gasteiger partial charge on any atom is -0.396 e. The normalized spacial score (nSPS) is 12.6. The number of aliphatic hydroxyl groups is 1. The average Bonchev–Trinajstić information content (AvgIpc) is 2.00. The quantitative estimate of drug-likeness (QED) is 0.343. The molecule has 6 heteroatoms. The lowest BCUT2D eigenvalue weighted by Gasteiger charge is -2.20. The summed E-state index contributed by atoms with van der Waals surface area (Å²) >= 11 is 0. The van der Waals surface area contributed by atoms with E-state index in [1.807, 2.05) is 13.8 Å². The molecule has 0 bridgehead atoms. The highest BCUT2D eigenvalue weighted by atomic mass is 16.3. The minimum atomic E-state index is -0.105. The van der Waals surface area contributed by atoms with Crippen molar-refractivity contribution >= 4 is 11.9 Å². The van der Waals surface area contributed by atoms with Gasteiger partial charge < -0.3 is 22.3 Å². The molecule has 0 aliphatic heterocycles. The van der Waals surface area contributed by atoms with Gasteiger partial charge in [0.05, 0.1) is 0 Å². The topological polar surface area (TPSA) is 123 Å². The highest BCUT2D eigenvalue weighted by Crippen LogP contribution is 2.19. The van der Waals surface area contributed by atoms with Crippen LogP contribution in [-0.4, -0.2) is 30.2 Å². The first-order chi connectivity index (χ1) is 6.37. The van der Waals surface area contributed by atoms with Gasteiger partial charge in [0.25, 0.3) is 0 Å². The van der Waals surface area contributed by atoms with E-state index in [2.05, 4.69) is 9.98 Å². The van der Waals surface area contributed by atoms with Gasteiger partial charge in [-0.15, -0.1) is 0 Å². The van der Waals surface area contributed by atoms with Gasteiger partial charge in [0, 0.05) is 13.2 Å². The molecule has 0 fully saturated rings. The maximum atomic E-state index is 8.77. The molecule has 0 spiro atoms. The molecule has 0 saturated heterocycles. The Labute approximate surface area is 83.9 Å². The lowest BCUT2D eigenvalue weighted by molar-refractivity contribution is 0.217. The Morgan fingerprint density at radius 1 is 1.29 bits per heavy atom. The van der Waals surface area contributed by atoms with Crippen LogP contribution in [0.2, 0.25) is 0 Å². The van der Waals surface area contributed by atoms with Gasteiger partial charge in [0.15, 0.2) is 5.96 Å². The van der Waals surface area contributed by atoms with Crippen LogP contribution < -0.4 is 17.2 Å². The third kappa shape index (κ3) is 6.24. The van der Waals surface area contributed by atoms with Gasteiger partial charge in [0.2, 0.25) is 5.96 Å². The largest absolute Gasteiger partial charge is 0.396 e. The molecule has 0 radical (unpaired) electrons. The Balaban J connectivity index is 4.20. The molecule has 0 saturated carbocycles. The van der Waals surface area contributed by atoms with Gasteiger partial charge in [-0.25, -0.2) is 0 Å². The predicted molar refractivity (Wildman–Crippen MR) is 57.8 cm³/mol.